The Morgan fingerprint density at radius 2 is 2.13 bits per heavy atom. The average molecular weight is 471 g/mol. The van der Waals surface area contributed by atoms with Gasteiger partial charge in [0.2, 0.25) is 5.91 Å². The highest BCUT2D eigenvalue weighted by Crippen LogP contribution is 2.37. The molecule has 0 spiro atoms. The number of amides is 1. The minimum absolute atomic E-state index is 0.0765. The quantitative estimate of drug-likeness (QED) is 0.347. The van der Waals surface area contributed by atoms with E-state index in [2.05, 4.69) is 22.1 Å². The van der Waals surface area contributed by atoms with Crippen LogP contribution in [0.25, 0.3) is 11.4 Å². The number of nitrogens with zero attached hydrogens (tertiary/aromatic N) is 3. The summed E-state index contributed by atoms with van der Waals surface area (Å²) in [5.41, 5.74) is -0.635. The van der Waals surface area contributed by atoms with Gasteiger partial charge in [-0.25, -0.2) is 0 Å². The number of furan rings is 1. The number of alkyl halides is 3. The first-order valence-corrected chi connectivity index (χ1v) is 10.3. The maximum absolute atomic E-state index is 13.3. The third kappa shape index (κ3) is 5.13. The molecule has 3 rings (SSSR count). The number of aromatic nitrogens is 3. The summed E-state index contributed by atoms with van der Waals surface area (Å²) in [6.07, 6.45) is -1.48. The van der Waals surface area contributed by atoms with Gasteiger partial charge < -0.3 is 9.73 Å². The van der Waals surface area contributed by atoms with Crippen LogP contribution in [0.5, 0.6) is 0 Å². The van der Waals surface area contributed by atoms with Gasteiger partial charge in [-0.2, -0.15) is 13.2 Å². The minimum Gasteiger partial charge on any atom is -0.469 e. The lowest BCUT2D eigenvalue weighted by atomic mass is 10.1. The third-order valence-corrected chi connectivity index (χ3v) is 5.64. The van der Waals surface area contributed by atoms with Crippen molar-refractivity contribution in [1.29, 1.82) is 0 Å². The summed E-state index contributed by atoms with van der Waals surface area (Å²) in [7, 11) is 0. The molecule has 0 saturated heterocycles. The first-order valence-electron chi connectivity index (χ1n) is 9.04. The Morgan fingerprint density at radius 3 is 2.74 bits per heavy atom. The van der Waals surface area contributed by atoms with Crippen molar-refractivity contribution < 1.29 is 22.4 Å². The summed E-state index contributed by atoms with van der Waals surface area (Å²) in [6.45, 7) is 7.46. The van der Waals surface area contributed by atoms with Crippen LogP contribution in [0.2, 0.25) is 5.02 Å². The minimum atomic E-state index is -4.66. The highest BCUT2D eigenvalue weighted by Gasteiger charge is 2.34. The van der Waals surface area contributed by atoms with E-state index in [9.17, 15) is 18.0 Å². The molecule has 31 heavy (non-hydrogen) atoms. The van der Waals surface area contributed by atoms with Crippen molar-refractivity contribution >= 4 is 35.0 Å². The van der Waals surface area contributed by atoms with Crippen LogP contribution in [0.3, 0.4) is 0 Å². The molecule has 0 bridgehead atoms. The van der Waals surface area contributed by atoms with Crippen molar-refractivity contribution in [2.75, 3.05) is 5.32 Å². The number of allylic oxidation sites excluding steroid dienone is 1. The van der Waals surface area contributed by atoms with Crippen molar-refractivity contribution in [3.8, 4) is 11.4 Å². The van der Waals surface area contributed by atoms with Gasteiger partial charge in [0.1, 0.15) is 5.76 Å². The van der Waals surface area contributed by atoms with Gasteiger partial charge >= 0.3 is 6.18 Å². The number of carbonyl (C=O) groups excluding carboxylic acids is 1. The lowest BCUT2D eigenvalue weighted by Crippen LogP contribution is -2.24. The highest BCUT2D eigenvalue weighted by atomic mass is 35.5. The zero-order valence-corrected chi connectivity index (χ0v) is 18.1. The number of halogens is 4. The van der Waals surface area contributed by atoms with E-state index in [1.807, 2.05) is 0 Å². The van der Waals surface area contributed by atoms with E-state index in [1.54, 1.807) is 30.6 Å². The normalized spacial score (nSPS) is 12.6. The average Bonchev–Trinajstić information content (AvgIpc) is 3.28. The molecule has 1 amide bonds. The summed E-state index contributed by atoms with van der Waals surface area (Å²) >= 11 is 6.75. The number of nitrogens with one attached hydrogen (secondary N) is 1. The smallest absolute Gasteiger partial charge is 0.418 e. The van der Waals surface area contributed by atoms with Gasteiger partial charge in [0, 0.05) is 11.6 Å². The Bertz CT molecular complexity index is 1110. The summed E-state index contributed by atoms with van der Waals surface area (Å²) in [6, 6.07) is 4.93. The van der Waals surface area contributed by atoms with E-state index in [0.29, 0.717) is 23.3 Å². The monoisotopic (exact) mass is 470 g/mol. The molecule has 0 aliphatic rings. The molecule has 0 fully saturated rings. The topological polar surface area (TPSA) is 73.0 Å². The number of benzene rings is 1. The number of rotatable bonds is 7. The van der Waals surface area contributed by atoms with Crippen molar-refractivity contribution in [3.63, 3.8) is 0 Å². The van der Waals surface area contributed by atoms with Gasteiger partial charge in [-0.15, -0.1) is 16.8 Å². The summed E-state index contributed by atoms with van der Waals surface area (Å²) < 4.78 is 46.9. The van der Waals surface area contributed by atoms with Crippen molar-refractivity contribution in [2.24, 2.45) is 0 Å². The molecule has 1 unspecified atom stereocenters. The number of aryl methyl sites for hydroxylation is 1. The number of carbonyl (C=O) groups is 1. The molecular formula is C20H18ClF3N4O2S. The Labute approximate surface area is 185 Å². The maximum Gasteiger partial charge on any atom is 0.418 e. The van der Waals surface area contributed by atoms with Crippen LogP contribution in [0.1, 0.15) is 18.2 Å². The molecule has 3 aromatic rings. The largest absolute Gasteiger partial charge is 0.469 e. The SMILES string of the molecule is C=CCn1c(SC(C)C(=O)Nc2ccc(Cl)cc2C(F)(F)F)nnc1-c1ccoc1C. The second kappa shape index (κ2) is 9.19. The van der Waals surface area contributed by atoms with Gasteiger partial charge in [-0.3, -0.25) is 9.36 Å². The van der Waals surface area contributed by atoms with Crippen LogP contribution < -0.4 is 5.32 Å². The Morgan fingerprint density at radius 1 is 1.39 bits per heavy atom. The predicted molar refractivity (Wildman–Crippen MR) is 113 cm³/mol. The lowest BCUT2D eigenvalue weighted by molar-refractivity contribution is -0.137. The fourth-order valence-electron chi connectivity index (χ4n) is 2.79. The van der Waals surface area contributed by atoms with E-state index < -0.39 is 22.9 Å². The van der Waals surface area contributed by atoms with Gasteiger partial charge in [0.05, 0.1) is 28.3 Å². The van der Waals surface area contributed by atoms with Crippen LogP contribution in [0.4, 0.5) is 18.9 Å². The second-order valence-corrected chi connectivity index (χ2v) is 8.28. The summed E-state index contributed by atoms with van der Waals surface area (Å²) in [5, 5.41) is 10.2. The van der Waals surface area contributed by atoms with Gasteiger partial charge in [0.25, 0.3) is 0 Å². The van der Waals surface area contributed by atoms with Gasteiger partial charge in [0.15, 0.2) is 11.0 Å². The Hall–Kier alpha value is -2.72. The third-order valence-electron chi connectivity index (χ3n) is 4.32. The summed E-state index contributed by atoms with van der Waals surface area (Å²) in [4.78, 5) is 12.6. The van der Waals surface area contributed by atoms with E-state index >= 15 is 0 Å². The van der Waals surface area contributed by atoms with E-state index in [-0.39, 0.29) is 10.7 Å². The summed E-state index contributed by atoms with van der Waals surface area (Å²) in [5.74, 6) is 0.577. The van der Waals surface area contributed by atoms with Crippen LogP contribution in [0.15, 0.2) is 52.8 Å². The van der Waals surface area contributed by atoms with Gasteiger partial charge in [-0.05, 0) is 38.1 Å². The molecule has 0 aliphatic carbocycles. The Kier molecular flexibility index (Phi) is 6.80. The van der Waals surface area contributed by atoms with Gasteiger partial charge in [-0.1, -0.05) is 29.4 Å². The number of hydrogen-bond acceptors (Lipinski definition) is 5. The standard InChI is InChI=1S/C20H18ClF3N4O2S/c1-4-8-28-17(14-7-9-30-11(14)2)26-27-19(28)31-12(3)18(29)25-16-6-5-13(21)10-15(16)20(22,23)24/h4-7,9-10,12H,1,8H2,2-3H3,(H,25,29). The molecule has 1 aromatic carbocycles. The molecule has 0 saturated carbocycles. The zero-order valence-electron chi connectivity index (χ0n) is 16.5. The number of thioether (sulfide) groups is 1. The van der Waals surface area contributed by atoms with E-state index in [4.69, 9.17) is 16.0 Å². The molecule has 11 heteroatoms. The molecule has 164 valence electrons. The predicted octanol–water partition coefficient (Wildman–Crippen LogP) is 5.82. The van der Waals surface area contributed by atoms with E-state index in [1.165, 1.54) is 12.3 Å². The number of hydrogen-bond donors (Lipinski definition) is 1. The van der Waals surface area contributed by atoms with Crippen LogP contribution in [-0.2, 0) is 17.5 Å². The lowest BCUT2D eigenvalue weighted by Gasteiger charge is -2.16. The van der Waals surface area contributed by atoms with Crippen molar-refractivity contribution in [2.45, 2.75) is 37.0 Å². The first-order chi connectivity index (χ1) is 14.6. The fourth-order valence-corrected chi connectivity index (χ4v) is 3.82. The maximum atomic E-state index is 13.3. The first kappa shape index (κ1) is 23.0. The van der Waals surface area contributed by atoms with Crippen molar-refractivity contribution in [1.82, 2.24) is 14.8 Å². The molecular weight excluding hydrogens is 453 g/mol. The second-order valence-electron chi connectivity index (χ2n) is 6.53. The molecule has 2 aromatic heterocycles. The molecule has 0 radical (unpaired) electrons. The van der Waals surface area contributed by atoms with E-state index in [0.717, 1.165) is 29.5 Å². The molecule has 1 N–H and O–H groups in total. The molecule has 6 nitrogen and oxygen atoms in total. The molecule has 1 atom stereocenters. The zero-order chi connectivity index (χ0) is 22.8. The Balaban J connectivity index is 1.82. The fraction of sp³-hybridized carbons (Fsp3) is 0.250. The molecule has 0 aliphatic heterocycles. The van der Waals surface area contributed by atoms with Crippen LogP contribution >= 0.6 is 23.4 Å². The highest BCUT2D eigenvalue weighted by molar-refractivity contribution is 8.00. The molecule has 2 heterocycles. The number of anilines is 1. The van der Waals surface area contributed by atoms with Crippen LogP contribution in [-0.4, -0.2) is 25.9 Å². The van der Waals surface area contributed by atoms with Crippen LogP contribution in [0, 0.1) is 6.92 Å². The van der Waals surface area contributed by atoms with Crippen molar-refractivity contribution in [3.05, 3.63) is 59.5 Å².